The molecule has 5 nitrogen and oxygen atoms in total. The molecule has 130 valence electrons. The van der Waals surface area contributed by atoms with E-state index in [4.69, 9.17) is 5.73 Å². The zero-order valence-electron chi connectivity index (χ0n) is 14.5. The fraction of sp³-hybridized carbons (Fsp3) is 0.316. The molecule has 2 heterocycles. The van der Waals surface area contributed by atoms with Crippen LogP contribution in [0.3, 0.4) is 0 Å². The summed E-state index contributed by atoms with van der Waals surface area (Å²) in [6.07, 6.45) is 2.57. The van der Waals surface area contributed by atoms with Gasteiger partial charge in [-0.05, 0) is 49.9 Å². The van der Waals surface area contributed by atoms with Gasteiger partial charge in [0.25, 0.3) is 5.91 Å². The molecule has 0 saturated heterocycles. The second-order valence-corrected chi connectivity index (χ2v) is 6.94. The molecule has 0 unspecified atom stereocenters. The maximum Gasteiger partial charge on any atom is 0.252 e. The number of fused-ring (bicyclic) bond motifs is 1. The molecule has 2 aromatic heterocycles. The molecule has 0 aliphatic carbocycles. The molecule has 0 radical (unpaired) electrons. The number of aryl methyl sites for hydroxylation is 3. The van der Waals surface area contributed by atoms with Crippen LogP contribution in [0.25, 0.3) is 10.9 Å². The first-order valence-electron chi connectivity index (χ1n) is 8.45. The smallest absolute Gasteiger partial charge is 0.252 e. The van der Waals surface area contributed by atoms with Crippen LogP contribution in [-0.2, 0) is 12.8 Å². The van der Waals surface area contributed by atoms with Crippen molar-refractivity contribution in [1.82, 2.24) is 15.3 Å². The van der Waals surface area contributed by atoms with E-state index in [1.54, 1.807) is 0 Å². The maximum absolute atomic E-state index is 12.7. The number of nitrogens with zero attached hydrogens (tertiary/aromatic N) is 2. The van der Waals surface area contributed by atoms with Gasteiger partial charge in [0.05, 0.1) is 16.8 Å². The minimum absolute atomic E-state index is 0.0541. The van der Waals surface area contributed by atoms with Gasteiger partial charge in [-0.3, -0.25) is 9.78 Å². The fourth-order valence-electron chi connectivity index (χ4n) is 2.82. The number of nitrogens with one attached hydrogen (secondary N) is 1. The van der Waals surface area contributed by atoms with E-state index in [-0.39, 0.29) is 5.91 Å². The van der Waals surface area contributed by atoms with Crippen molar-refractivity contribution in [3.63, 3.8) is 0 Å². The van der Waals surface area contributed by atoms with Crippen molar-refractivity contribution in [2.24, 2.45) is 0 Å². The third kappa shape index (κ3) is 4.14. The quantitative estimate of drug-likeness (QED) is 0.664. The molecule has 1 aromatic carbocycles. The molecule has 3 aromatic rings. The third-order valence-electron chi connectivity index (χ3n) is 4.12. The van der Waals surface area contributed by atoms with Crippen molar-refractivity contribution in [3.8, 4) is 0 Å². The second kappa shape index (κ2) is 7.61. The Morgan fingerprint density at radius 3 is 2.84 bits per heavy atom. The Hall–Kier alpha value is -2.47. The van der Waals surface area contributed by atoms with Crippen LogP contribution in [-0.4, -0.2) is 22.4 Å². The number of amides is 1. The summed E-state index contributed by atoms with van der Waals surface area (Å²) in [6.45, 7) is 4.62. The lowest BCUT2D eigenvalue weighted by Gasteiger charge is -2.10. The van der Waals surface area contributed by atoms with E-state index < -0.39 is 0 Å². The average molecular weight is 354 g/mol. The Morgan fingerprint density at radius 2 is 2.12 bits per heavy atom. The molecule has 0 spiro atoms. The van der Waals surface area contributed by atoms with Gasteiger partial charge in [-0.1, -0.05) is 13.0 Å². The average Bonchev–Trinajstić information content (AvgIpc) is 3.02. The van der Waals surface area contributed by atoms with Crippen LogP contribution >= 0.6 is 11.3 Å². The van der Waals surface area contributed by atoms with Gasteiger partial charge in [0.15, 0.2) is 5.13 Å². The van der Waals surface area contributed by atoms with Gasteiger partial charge < -0.3 is 11.1 Å². The lowest BCUT2D eigenvalue weighted by molar-refractivity contribution is 0.0954. The largest absolute Gasteiger partial charge is 0.375 e. The zero-order chi connectivity index (χ0) is 17.8. The molecule has 3 N–H and O–H groups in total. The number of nitrogen functional groups attached to an aromatic ring is 1. The fourth-order valence-corrected chi connectivity index (χ4v) is 3.41. The van der Waals surface area contributed by atoms with Crippen molar-refractivity contribution >= 4 is 33.3 Å². The molecule has 0 bridgehead atoms. The van der Waals surface area contributed by atoms with Crippen LogP contribution < -0.4 is 11.1 Å². The lowest BCUT2D eigenvalue weighted by Crippen LogP contribution is -2.25. The Balaban J connectivity index is 1.70. The number of carbonyl (C=O) groups excluding carboxylic acids is 1. The Bertz CT molecular complexity index is 904. The minimum atomic E-state index is -0.0541. The molecule has 25 heavy (non-hydrogen) atoms. The summed E-state index contributed by atoms with van der Waals surface area (Å²) in [6, 6.07) is 7.98. The topological polar surface area (TPSA) is 80.9 Å². The van der Waals surface area contributed by atoms with E-state index in [2.05, 4.69) is 34.3 Å². The van der Waals surface area contributed by atoms with E-state index in [0.717, 1.165) is 41.6 Å². The SMILES string of the molecule is CCc1ccc2nc(C)cc(C(=O)NCCCc3csc(N)n3)c2c1. The number of anilines is 1. The van der Waals surface area contributed by atoms with Crippen molar-refractivity contribution in [2.45, 2.75) is 33.1 Å². The van der Waals surface area contributed by atoms with E-state index in [1.165, 1.54) is 16.9 Å². The lowest BCUT2D eigenvalue weighted by atomic mass is 10.0. The van der Waals surface area contributed by atoms with E-state index in [9.17, 15) is 4.79 Å². The molecule has 0 saturated carbocycles. The van der Waals surface area contributed by atoms with Crippen molar-refractivity contribution in [3.05, 3.63) is 52.2 Å². The number of pyridine rings is 1. The number of benzene rings is 1. The number of nitrogens with two attached hydrogens (primary N) is 1. The predicted octanol–water partition coefficient (Wildman–Crippen LogP) is 3.51. The van der Waals surface area contributed by atoms with Crippen molar-refractivity contribution in [1.29, 1.82) is 0 Å². The highest BCUT2D eigenvalue weighted by Gasteiger charge is 2.12. The van der Waals surface area contributed by atoms with Gasteiger partial charge in [0, 0.05) is 23.0 Å². The highest BCUT2D eigenvalue weighted by atomic mass is 32.1. The molecule has 0 atom stereocenters. The zero-order valence-corrected chi connectivity index (χ0v) is 15.3. The molecular formula is C19H22N4OS. The second-order valence-electron chi connectivity index (χ2n) is 6.05. The summed E-state index contributed by atoms with van der Waals surface area (Å²) in [5, 5.41) is 6.47. The van der Waals surface area contributed by atoms with E-state index in [1.807, 2.05) is 24.4 Å². The van der Waals surface area contributed by atoms with Crippen LogP contribution in [0.1, 0.15) is 40.7 Å². The first kappa shape index (κ1) is 17.4. The van der Waals surface area contributed by atoms with Crippen molar-refractivity contribution < 1.29 is 4.79 Å². The molecule has 0 fully saturated rings. The van der Waals surface area contributed by atoms with E-state index >= 15 is 0 Å². The highest BCUT2D eigenvalue weighted by molar-refractivity contribution is 7.13. The predicted molar refractivity (Wildman–Crippen MR) is 103 cm³/mol. The molecule has 0 aliphatic heterocycles. The Morgan fingerprint density at radius 1 is 1.28 bits per heavy atom. The van der Waals surface area contributed by atoms with Gasteiger partial charge in [0.2, 0.25) is 0 Å². The summed E-state index contributed by atoms with van der Waals surface area (Å²) < 4.78 is 0. The number of aromatic nitrogens is 2. The van der Waals surface area contributed by atoms with E-state index in [0.29, 0.717) is 17.2 Å². The van der Waals surface area contributed by atoms with Crippen molar-refractivity contribution in [2.75, 3.05) is 12.3 Å². The highest BCUT2D eigenvalue weighted by Crippen LogP contribution is 2.20. The number of hydrogen-bond acceptors (Lipinski definition) is 5. The van der Waals surface area contributed by atoms with Crippen LogP contribution in [0.4, 0.5) is 5.13 Å². The van der Waals surface area contributed by atoms with Gasteiger partial charge in [-0.2, -0.15) is 0 Å². The molecule has 3 rings (SSSR count). The summed E-state index contributed by atoms with van der Waals surface area (Å²) in [4.78, 5) is 21.4. The number of carbonyl (C=O) groups is 1. The van der Waals surface area contributed by atoms with Crippen LogP contribution in [0.15, 0.2) is 29.6 Å². The number of hydrogen-bond donors (Lipinski definition) is 2. The van der Waals surface area contributed by atoms with Gasteiger partial charge in [-0.25, -0.2) is 4.98 Å². The monoisotopic (exact) mass is 354 g/mol. The van der Waals surface area contributed by atoms with Gasteiger partial charge in [-0.15, -0.1) is 11.3 Å². The summed E-state index contributed by atoms with van der Waals surface area (Å²) in [7, 11) is 0. The summed E-state index contributed by atoms with van der Waals surface area (Å²) in [5.41, 5.74) is 10.2. The van der Waals surface area contributed by atoms with Crippen LogP contribution in [0.2, 0.25) is 0 Å². The Kier molecular flexibility index (Phi) is 5.28. The normalized spacial score (nSPS) is 11.0. The van der Waals surface area contributed by atoms with Gasteiger partial charge in [0.1, 0.15) is 0 Å². The number of thiazole rings is 1. The maximum atomic E-state index is 12.7. The van der Waals surface area contributed by atoms with Crippen LogP contribution in [0, 0.1) is 6.92 Å². The summed E-state index contributed by atoms with van der Waals surface area (Å²) >= 11 is 1.44. The molecule has 1 amide bonds. The standard InChI is InChI=1S/C19H22N4OS/c1-3-13-6-7-17-15(10-13)16(9-12(2)22-17)18(24)21-8-4-5-14-11-25-19(20)23-14/h6-7,9-11H,3-5,8H2,1-2H3,(H2,20,23)(H,21,24). The first-order chi connectivity index (χ1) is 12.1. The van der Waals surface area contributed by atoms with Gasteiger partial charge >= 0.3 is 0 Å². The third-order valence-corrected chi connectivity index (χ3v) is 4.84. The van der Waals surface area contributed by atoms with Crippen LogP contribution in [0.5, 0.6) is 0 Å². The first-order valence-corrected chi connectivity index (χ1v) is 9.33. The Labute approximate surface area is 151 Å². The molecule has 6 heteroatoms. The summed E-state index contributed by atoms with van der Waals surface area (Å²) in [5.74, 6) is -0.0541. The molecular weight excluding hydrogens is 332 g/mol. The minimum Gasteiger partial charge on any atom is -0.375 e. The molecule has 0 aliphatic rings. The number of rotatable bonds is 6.